The molecule has 2 aromatic rings. The number of rotatable bonds is 3. The van der Waals surface area contributed by atoms with E-state index < -0.39 is 0 Å². The third-order valence-corrected chi connectivity index (χ3v) is 4.76. The Bertz CT molecular complexity index is 516. The summed E-state index contributed by atoms with van der Waals surface area (Å²) in [5.41, 5.74) is 4.53. The normalized spacial score (nSPS) is 16.3. The van der Waals surface area contributed by atoms with Gasteiger partial charge in [0, 0.05) is 4.88 Å². The van der Waals surface area contributed by atoms with Gasteiger partial charge in [-0.05, 0) is 60.9 Å². The van der Waals surface area contributed by atoms with Gasteiger partial charge in [-0.2, -0.15) is 0 Å². The molecule has 0 spiro atoms. The number of nitrogens with one attached hydrogen (secondary N) is 1. The summed E-state index contributed by atoms with van der Waals surface area (Å²) in [4.78, 5) is 1.40. The molecular formula is C16H19NS. The lowest BCUT2D eigenvalue weighted by atomic mass is 9.89. The second kappa shape index (κ2) is 5.25. The summed E-state index contributed by atoms with van der Waals surface area (Å²) >= 11 is 1.83. The van der Waals surface area contributed by atoms with Crippen LogP contribution in [0, 0.1) is 0 Å². The van der Waals surface area contributed by atoms with Crippen LogP contribution in [0.4, 0.5) is 0 Å². The van der Waals surface area contributed by atoms with Crippen LogP contribution in [-0.2, 0) is 12.8 Å². The third kappa shape index (κ3) is 2.23. The molecule has 1 heterocycles. The largest absolute Gasteiger partial charge is 0.309 e. The first-order valence-corrected chi connectivity index (χ1v) is 7.59. The second-order valence-electron chi connectivity index (χ2n) is 4.97. The minimum absolute atomic E-state index is 0.345. The van der Waals surface area contributed by atoms with E-state index in [1.54, 1.807) is 11.1 Å². The van der Waals surface area contributed by atoms with Gasteiger partial charge in [0.1, 0.15) is 0 Å². The van der Waals surface area contributed by atoms with Gasteiger partial charge in [-0.25, -0.2) is 0 Å². The highest BCUT2D eigenvalue weighted by atomic mass is 32.1. The van der Waals surface area contributed by atoms with E-state index in [2.05, 4.69) is 41.0 Å². The summed E-state index contributed by atoms with van der Waals surface area (Å²) in [6.07, 6.45) is 5.22. The Kier molecular flexibility index (Phi) is 3.48. The molecule has 2 heteroatoms. The van der Waals surface area contributed by atoms with Gasteiger partial charge in [0.05, 0.1) is 6.04 Å². The van der Waals surface area contributed by atoms with Gasteiger partial charge in [0.25, 0.3) is 0 Å². The molecular weight excluding hydrogens is 238 g/mol. The molecule has 1 unspecified atom stereocenters. The Labute approximate surface area is 113 Å². The van der Waals surface area contributed by atoms with Crippen LogP contribution < -0.4 is 5.32 Å². The van der Waals surface area contributed by atoms with E-state index in [0.29, 0.717) is 6.04 Å². The first-order valence-electron chi connectivity index (χ1n) is 6.71. The topological polar surface area (TPSA) is 12.0 Å². The maximum absolute atomic E-state index is 3.44. The molecule has 0 saturated carbocycles. The summed E-state index contributed by atoms with van der Waals surface area (Å²) < 4.78 is 0. The maximum atomic E-state index is 3.44. The SMILES string of the molecule is CNC(c1ccc2c(c1)CCCC2)c1cccs1. The Morgan fingerprint density at radius 2 is 1.94 bits per heavy atom. The molecule has 1 atom stereocenters. The molecule has 0 saturated heterocycles. The number of fused-ring (bicyclic) bond motifs is 1. The van der Waals surface area contributed by atoms with Gasteiger partial charge in [0.15, 0.2) is 0 Å². The van der Waals surface area contributed by atoms with Crippen molar-refractivity contribution in [3.63, 3.8) is 0 Å². The lowest BCUT2D eigenvalue weighted by molar-refractivity contribution is 0.672. The Morgan fingerprint density at radius 3 is 2.67 bits per heavy atom. The Morgan fingerprint density at radius 1 is 1.11 bits per heavy atom. The molecule has 0 bridgehead atoms. The number of hydrogen-bond donors (Lipinski definition) is 1. The molecule has 0 aliphatic heterocycles. The van der Waals surface area contributed by atoms with Gasteiger partial charge in [0.2, 0.25) is 0 Å². The lowest BCUT2D eigenvalue weighted by Crippen LogP contribution is -2.17. The van der Waals surface area contributed by atoms with Crippen molar-refractivity contribution in [2.24, 2.45) is 0 Å². The van der Waals surface area contributed by atoms with Gasteiger partial charge >= 0.3 is 0 Å². The fourth-order valence-electron chi connectivity index (χ4n) is 2.86. The van der Waals surface area contributed by atoms with E-state index in [0.717, 1.165) is 0 Å². The first-order chi connectivity index (χ1) is 8.88. The van der Waals surface area contributed by atoms with Crippen molar-refractivity contribution in [1.82, 2.24) is 5.32 Å². The molecule has 1 nitrogen and oxygen atoms in total. The van der Waals surface area contributed by atoms with E-state index in [-0.39, 0.29) is 0 Å². The summed E-state index contributed by atoms with van der Waals surface area (Å²) in [6, 6.07) is 11.7. The van der Waals surface area contributed by atoms with Gasteiger partial charge in [-0.3, -0.25) is 0 Å². The van der Waals surface area contributed by atoms with Crippen molar-refractivity contribution in [3.05, 3.63) is 57.3 Å². The predicted octanol–water partition coefficient (Wildman–Crippen LogP) is 3.94. The number of hydrogen-bond acceptors (Lipinski definition) is 2. The van der Waals surface area contributed by atoms with Crippen molar-refractivity contribution in [1.29, 1.82) is 0 Å². The summed E-state index contributed by atoms with van der Waals surface area (Å²) in [5.74, 6) is 0. The summed E-state index contributed by atoms with van der Waals surface area (Å²) in [7, 11) is 2.05. The van der Waals surface area contributed by atoms with E-state index in [4.69, 9.17) is 0 Å². The van der Waals surface area contributed by atoms with E-state index in [1.165, 1.54) is 36.1 Å². The molecule has 1 aliphatic carbocycles. The average molecular weight is 257 g/mol. The van der Waals surface area contributed by atoms with Gasteiger partial charge in [-0.1, -0.05) is 24.3 Å². The lowest BCUT2D eigenvalue weighted by Gasteiger charge is -2.20. The minimum Gasteiger partial charge on any atom is -0.309 e. The number of thiophene rings is 1. The molecule has 0 radical (unpaired) electrons. The van der Waals surface area contributed by atoms with Crippen molar-refractivity contribution < 1.29 is 0 Å². The predicted molar refractivity (Wildman–Crippen MR) is 78.3 cm³/mol. The number of benzene rings is 1. The van der Waals surface area contributed by atoms with Gasteiger partial charge < -0.3 is 5.32 Å². The van der Waals surface area contributed by atoms with Crippen LogP contribution in [0.3, 0.4) is 0 Å². The molecule has 1 aromatic heterocycles. The van der Waals surface area contributed by atoms with Crippen molar-refractivity contribution >= 4 is 11.3 Å². The molecule has 0 fully saturated rings. The standard InChI is InChI=1S/C16H19NS/c1-17-16(15-7-4-10-18-15)14-9-8-12-5-2-3-6-13(12)11-14/h4,7-11,16-17H,2-3,5-6H2,1H3. The minimum atomic E-state index is 0.345. The molecule has 94 valence electrons. The zero-order valence-electron chi connectivity index (χ0n) is 10.8. The summed E-state index contributed by atoms with van der Waals surface area (Å²) in [5, 5.41) is 5.59. The molecule has 1 N–H and O–H groups in total. The van der Waals surface area contributed by atoms with Crippen LogP contribution in [0.1, 0.15) is 40.5 Å². The summed E-state index contributed by atoms with van der Waals surface area (Å²) in [6.45, 7) is 0. The monoisotopic (exact) mass is 257 g/mol. The highest BCUT2D eigenvalue weighted by Crippen LogP contribution is 2.29. The smallest absolute Gasteiger partial charge is 0.0668 e. The zero-order valence-corrected chi connectivity index (χ0v) is 11.6. The maximum Gasteiger partial charge on any atom is 0.0668 e. The fraction of sp³-hybridized carbons (Fsp3) is 0.375. The molecule has 1 aromatic carbocycles. The molecule has 0 amide bonds. The van der Waals surface area contributed by atoms with Gasteiger partial charge in [-0.15, -0.1) is 11.3 Å². The zero-order chi connectivity index (χ0) is 12.4. The van der Waals surface area contributed by atoms with Crippen LogP contribution in [0.15, 0.2) is 35.7 Å². The average Bonchev–Trinajstić information content (AvgIpc) is 2.93. The Hall–Kier alpha value is -1.12. The highest BCUT2D eigenvalue weighted by Gasteiger charge is 2.16. The van der Waals surface area contributed by atoms with E-state index in [1.807, 2.05) is 18.4 Å². The van der Waals surface area contributed by atoms with Crippen molar-refractivity contribution in [2.45, 2.75) is 31.7 Å². The van der Waals surface area contributed by atoms with Crippen LogP contribution in [-0.4, -0.2) is 7.05 Å². The van der Waals surface area contributed by atoms with Crippen LogP contribution in [0.25, 0.3) is 0 Å². The Balaban J connectivity index is 1.95. The van der Waals surface area contributed by atoms with Crippen molar-refractivity contribution in [2.75, 3.05) is 7.05 Å². The molecule has 3 rings (SSSR count). The molecule has 18 heavy (non-hydrogen) atoms. The van der Waals surface area contributed by atoms with E-state index in [9.17, 15) is 0 Å². The van der Waals surface area contributed by atoms with Crippen LogP contribution >= 0.6 is 11.3 Å². The molecule has 1 aliphatic rings. The second-order valence-corrected chi connectivity index (χ2v) is 5.95. The van der Waals surface area contributed by atoms with E-state index >= 15 is 0 Å². The number of aryl methyl sites for hydroxylation is 2. The fourth-order valence-corrected chi connectivity index (χ4v) is 3.72. The highest BCUT2D eigenvalue weighted by molar-refractivity contribution is 7.10. The first kappa shape index (κ1) is 11.9. The van der Waals surface area contributed by atoms with Crippen LogP contribution in [0.2, 0.25) is 0 Å². The third-order valence-electron chi connectivity index (χ3n) is 3.82. The van der Waals surface area contributed by atoms with Crippen molar-refractivity contribution in [3.8, 4) is 0 Å². The van der Waals surface area contributed by atoms with Crippen LogP contribution in [0.5, 0.6) is 0 Å². The quantitative estimate of drug-likeness (QED) is 0.878.